The van der Waals surface area contributed by atoms with Crippen molar-refractivity contribution in [2.75, 3.05) is 11.4 Å². The second-order valence-corrected chi connectivity index (χ2v) is 4.25. The monoisotopic (exact) mass is 173 g/mol. The Labute approximate surface area is 79.7 Å². The first-order chi connectivity index (χ1) is 6.11. The summed E-state index contributed by atoms with van der Waals surface area (Å²) in [7, 11) is 0. The normalized spacial score (nSPS) is 19.8. The highest BCUT2D eigenvalue weighted by Crippen LogP contribution is 2.42. The van der Waals surface area contributed by atoms with Crippen molar-refractivity contribution < 1.29 is 0 Å². The Morgan fingerprint density at radius 2 is 1.85 bits per heavy atom. The molecule has 13 heavy (non-hydrogen) atoms. The highest BCUT2D eigenvalue weighted by Gasteiger charge is 2.38. The molecule has 2 rings (SSSR count). The van der Waals surface area contributed by atoms with E-state index in [1.165, 1.54) is 11.4 Å². The van der Waals surface area contributed by atoms with Gasteiger partial charge in [-0.15, -0.1) is 0 Å². The van der Waals surface area contributed by atoms with Gasteiger partial charge in [-0.1, -0.05) is 38.6 Å². The number of hydrogen-bond donors (Lipinski definition) is 0. The first kappa shape index (κ1) is 8.36. The van der Waals surface area contributed by atoms with Gasteiger partial charge >= 0.3 is 0 Å². The van der Waals surface area contributed by atoms with Crippen molar-refractivity contribution in [2.24, 2.45) is 5.41 Å². The summed E-state index contributed by atoms with van der Waals surface area (Å²) in [6.45, 7) is 9.64. The molecule has 1 heteroatoms. The van der Waals surface area contributed by atoms with Crippen LogP contribution in [0, 0.1) is 5.41 Å². The maximum absolute atomic E-state index is 4.10. The molecule has 1 fully saturated rings. The van der Waals surface area contributed by atoms with Crippen molar-refractivity contribution in [2.45, 2.75) is 13.8 Å². The second-order valence-electron chi connectivity index (χ2n) is 4.25. The van der Waals surface area contributed by atoms with E-state index in [2.05, 4.69) is 49.6 Å². The van der Waals surface area contributed by atoms with E-state index in [1.54, 1.807) is 0 Å². The van der Waals surface area contributed by atoms with E-state index in [4.69, 9.17) is 0 Å². The molecule has 0 aromatic heterocycles. The molecule has 0 amide bonds. The van der Waals surface area contributed by atoms with Crippen molar-refractivity contribution in [1.29, 1.82) is 0 Å². The van der Waals surface area contributed by atoms with Crippen molar-refractivity contribution in [3.05, 3.63) is 42.6 Å². The van der Waals surface area contributed by atoms with Crippen molar-refractivity contribution in [3.63, 3.8) is 0 Å². The van der Waals surface area contributed by atoms with E-state index in [-0.39, 0.29) is 5.41 Å². The van der Waals surface area contributed by atoms with Gasteiger partial charge in [0, 0.05) is 23.3 Å². The average molecular weight is 173 g/mol. The molecule has 0 radical (unpaired) electrons. The lowest BCUT2D eigenvalue weighted by atomic mass is 9.80. The van der Waals surface area contributed by atoms with Gasteiger partial charge in [0.15, 0.2) is 0 Å². The molecule has 68 valence electrons. The van der Waals surface area contributed by atoms with Gasteiger partial charge in [0.25, 0.3) is 0 Å². The van der Waals surface area contributed by atoms with Crippen LogP contribution in [0.15, 0.2) is 42.6 Å². The van der Waals surface area contributed by atoms with E-state index in [1.807, 2.05) is 6.07 Å². The SMILES string of the molecule is C=C1N(c2ccccc2)CC1(C)C. The topological polar surface area (TPSA) is 3.24 Å². The lowest BCUT2D eigenvalue weighted by Gasteiger charge is -2.49. The van der Waals surface area contributed by atoms with Crippen LogP contribution in [0.4, 0.5) is 5.69 Å². The molecule has 1 saturated heterocycles. The number of rotatable bonds is 1. The highest BCUT2D eigenvalue weighted by molar-refractivity contribution is 5.57. The molecule has 0 bridgehead atoms. The molecule has 0 unspecified atom stereocenters. The van der Waals surface area contributed by atoms with Gasteiger partial charge in [0.05, 0.1) is 0 Å². The summed E-state index contributed by atoms with van der Waals surface area (Å²) in [6.07, 6.45) is 0. The van der Waals surface area contributed by atoms with Crippen molar-refractivity contribution >= 4 is 5.69 Å². The predicted molar refractivity (Wildman–Crippen MR) is 56.7 cm³/mol. The Kier molecular flexibility index (Phi) is 1.69. The van der Waals surface area contributed by atoms with Gasteiger partial charge < -0.3 is 4.90 Å². The van der Waals surface area contributed by atoms with Crippen LogP contribution in [-0.4, -0.2) is 6.54 Å². The van der Waals surface area contributed by atoms with Crippen LogP contribution in [0.2, 0.25) is 0 Å². The Morgan fingerprint density at radius 3 is 2.31 bits per heavy atom. The minimum Gasteiger partial charge on any atom is -0.344 e. The van der Waals surface area contributed by atoms with E-state index in [9.17, 15) is 0 Å². The molecule has 0 aliphatic carbocycles. The van der Waals surface area contributed by atoms with Gasteiger partial charge in [-0.25, -0.2) is 0 Å². The summed E-state index contributed by atoms with van der Waals surface area (Å²) < 4.78 is 0. The fourth-order valence-corrected chi connectivity index (χ4v) is 1.71. The minimum absolute atomic E-state index is 0.288. The number of benzene rings is 1. The summed E-state index contributed by atoms with van der Waals surface area (Å²) >= 11 is 0. The van der Waals surface area contributed by atoms with Gasteiger partial charge in [0.2, 0.25) is 0 Å². The Balaban J connectivity index is 2.20. The van der Waals surface area contributed by atoms with E-state index in [0.29, 0.717) is 0 Å². The summed E-state index contributed by atoms with van der Waals surface area (Å²) in [5.41, 5.74) is 2.76. The van der Waals surface area contributed by atoms with Gasteiger partial charge in [-0.3, -0.25) is 0 Å². The maximum Gasteiger partial charge on any atom is 0.0408 e. The van der Waals surface area contributed by atoms with Gasteiger partial charge in [-0.2, -0.15) is 0 Å². The summed E-state index contributed by atoms with van der Waals surface area (Å²) in [6, 6.07) is 10.4. The Hall–Kier alpha value is -1.24. The lowest BCUT2D eigenvalue weighted by molar-refractivity contribution is 0.355. The zero-order chi connectivity index (χ0) is 9.47. The van der Waals surface area contributed by atoms with Crippen LogP contribution in [0.25, 0.3) is 0 Å². The summed E-state index contributed by atoms with van der Waals surface area (Å²) in [4.78, 5) is 2.26. The third kappa shape index (κ3) is 1.24. The van der Waals surface area contributed by atoms with Crippen molar-refractivity contribution in [3.8, 4) is 0 Å². The molecule has 1 heterocycles. The number of hydrogen-bond acceptors (Lipinski definition) is 1. The Bertz CT molecular complexity index is 324. The zero-order valence-electron chi connectivity index (χ0n) is 8.25. The number of anilines is 1. The first-order valence-corrected chi connectivity index (χ1v) is 4.63. The van der Waals surface area contributed by atoms with Gasteiger partial charge in [0.1, 0.15) is 0 Å². The lowest BCUT2D eigenvalue weighted by Crippen LogP contribution is -2.50. The third-order valence-corrected chi connectivity index (χ3v) is 2.73. The minimum atomic E-state index is 0.288. The van der Waals surface area contributed by atoms with Crippen LogP contribution in [0.5, 0.6) is 0 Å². The van der Waals surface area contributed by atoms with Crippen LogP contribution < -0.4 is 4.90 Å². The molecular weight excluding hydrogens is 158 g/mol. The standard InChI is InChI=1S/C12H15N/c1-10-12(2,3)9-13(10)11-7-5-4-6-8-11/h4-8H,1,9H2,2-3H3. The summed E-state index contributed by atoms with van der Waals surface area (Å²) in [5, 5.41) is 0. The van der Waals surface area contributed by atoms with Crippen molar-refractivity contribution in [1.82, 2.24) is 0 Å². The fraction of sp³-hybridized carbons (Fsp3) is 0.333. The van der Waals surface area contributed by atoms with Gasteiger partial charge in [-0.05, 0) is 12.1 Å². The smallest absolute Gasteiger partial charge is 0.0408 e. The molecule has 0 saturated carbocycles. The number of para-hydroxylation sites is 1. The fourth-order valence-electron chi connectivity index (χ4n) is 1.71. The molecule has 0 spiro atoms. The van der Waals surface area contributed by atoms with Crippen LogP contribution in [0.3, 0.4) is 0 Å². The molecule has 0 N–H and O–H groups in total. The Morgan fingerprint density at radius 1 is 1.23 bits per heavy atom. The largest absolute Gasteiger partial charge is 0.344 e. The molecule has 1 aliphatic heterocycles. The molecule has 0 atom stereocenters. The zero-order valence-corrected chi connectivity index (χ0v) is 8.25. The van der Waals surface area contributed by atoms with E-state index < -0.39 is 0 Å². The van der Waals surface area contributed by atoms with Crippen LogP contribution >= 0.6 is 0 Å². The third-order valence-electron chi connectivity index (χ3n) is 2.73. The molecule has 1 aromatic rings. The van der Waals surface area contributed by atoms with E-state index >= 15 is 0 Å². The average Bonchev–Trinajstić information content (AvgIpc) is 2.15. The first-order valence-electron chi connectivity index (χ1n) is 4.63. The molecule has 1 nitrogen and oxygen atoms in total. The quantitative estimate of drug-likeness (QED) is 0.631. The molecule has 1 aliphatic rings. The van der Waals surface area contributed by atoms with E-state index in [0.717, 1.165) is 6.54 Å². The molecular formula is C12H15N. The maximum atomic E-state index is 4.10. The van der Waals surface area contributed by atoms with Crippen LogP contribution in [-0.2, 0) is 0 Å². The highest BCUT2D eigenvalue weighted by atomic mass is 15.2. The predicted octanol–water partition coefficient (Wildman–Crippen LogP) is 3.05. The molecule has 1 aromatic carbocycles. The second kappa shape index (κ2) is 2.63. The summed E-state index contributed by atoms with van der Waals surface area (Å²) in [5.74, 6) is 0. The number of nitrogens with zero attached hydrogens (tertiary/aromatic N) is 1. The van der Waals surface area contributed by atoms with Crippen LogP contribution in [0.1, 0.15) is 13.8 Å².